The van der Waals surface area contributed by atoms with Crippen LogP contribution in [0.15, 0.2) is 36.5 Å². The Morgan fingerprint density at radius 3 is 0.700 bits per heavy atom. The number of carboxylic acids is 3. The van der Waals surface area contributed by atoms with Crippen LogP contribution in [0.2, 0.25) is 0 Å². The first-order valence-corrected chi connectivity index (χ1v) is 4.54. The van der Waals surface area contributed by atoms with Gasteiger partial charge < -0.3 is 29.7 Å². The molecule has 0 heterocycles. The minimum Gasteiger partial charge on any atom is -0.545 e. The first-order valence-electron chi connectivity index (χ1n) is 4.54. The van der Waals surface area contributed by atoms with Gasteiger partial charge in [0.2, 0.25) is 0 Å². The van der Waals surface area contributed by atoms with Gasteiger partial charge in [0.05, 0.1) is 17.9 Å². The third kappa shape index (κ3) is 36.0. The summed E-state index contributed by atoms with van der Waals surface area (Å²) in [4.78, 5) is 28.5. The average Bonchev–Trinajstić information content (AvgIpc) is 2.18. The van der Waals surface area contributed by atoms with Crippen LogP contribution in [0.4, 0.5) is 0 Å². The second-order valence-corrected chi connectivity index (χ2v) is 3.20. The zero-order chi connectivity index (χ0) is 15.5. The van der Waals surface area contributed by atoms with Crippen molar-refractivity contribution in [1.29, 1.82) is 0 Å². The van der Waals surface area contributed by atoms with Gasteiger partial charge in [0, 0.05) is 19.5 Å². The molecule has 6 nitrogen and oxygen atoms in total. The molecule has 1 radical (unpaired) electrons. The summed E-state index contributed by atoms with van der Waals surface area (Å²) < 4.78 is 0. The summed E-state index contributed by atoms with van der Waals surface area (Å²) in [6, 6.07) is 0. The minimum absolute atomic E-state index is 0. The molecule has 0 rings (SSSR count). The van der Waals surface area contributed by atoms with Crippen molar-refractivity contribution >= 4 is 17.9 Å². The molecule has 20 heavy (non-hydrogen) atoms. The van der Waals surface area contributed by atoms with Crippen LogP contribution in [0.3, 0.4) is 0 Å². The van der Waals surface area contributed by atoms with E-state index < -0.39 is 17.9 Å². The fourth-order valence-corrected chi connectivity index (χ4v) is 0. The van der Waals surface area contributed by atoms with E-state index in [-0.39, 0.29) is 53.3 Å². The second kappa shape index (κ2) is 17.8. The van der Waals surface area contributed by atoms with Crippen molar-refractivity contribution in [3.8, 4) is 0 Å². The number of hydrogen-bond acceptors (Lipinski definition) is 6. The van der Waals surface area contributed by atoms with Gasteiger partial charge in [-0.3, -0.25) is 0 Å². The number of carbonyl (C=O) groups is 3. The first-order chi connectivity index (χ1) is 7.93. The Balaban J connectivity index is -0.0000000536. The topological polar surface area (TPSA) is 120 Å². The van der Waals surface area contributed by atoms with Crippen LogP contribution >= 0.6 is 0 Å². The molecule has 0 saturated carbocycles. The number of carboxylic acid groups (broad SMARTS) is 3. The Bertz CT molecular complexity index is 283. The number of aliphatic carboxylic acids is 3. The van der Waals surface area contributed by atoms with Crippen LogP contribution < -0.4 is 15.3 Å². The Morgan fingerprint density at radius 2 is 0.700 bits per heavy atom. The van der Waals surface area contributed by atoms with Crippen molar-refractivity contribution in [2.75, 3.05) is 0 Å². The van der Waals surface area contributed by atoms with Gasteiger partial charge in [-0.05, 0) is 37.5 Å². The van der Waals surface area contributed by atoms with Crippen LogP contribution in [0, 0.1) is 0 Å². The average molecular weight is 376 g/mol. The predicted molar refractivity (Wildman–Crippen MR) is 59.5 cm³/mol. The third-order valence-corrected chi connectivity index (χ3v) is 1.05. The van der Waals surface area contributed by atoms with Crippen LogP contribution in [-0.4, -0.2) is 17.9 Å². The van der Waals surface area contributed by atoms with Gasteiger partial charge in [-0.2, -0.15) is 0 Å². The number of hydrogen-bond donors (Lipinski definition) is 0. The standard InChI is InChI=1S/3C4H6O2.Fe.Zn/c3*1-3(2)4(5)6;;/h3*1H2,2H3,(H,5,6);;/q;;;+3;/p-3. The molecular formula is C12H15FeO6Zn. The molecule has 0 aromatic heterocycles. The number of rotatable bonds is 3. The summed E-state index contributed by atoms with van der Waals surface area (Å²) in [5, 5.41) is 28.5. The molecule has 0 amide bonds. The van der Waals surface area contributed by atoms with Gasteiger partial charge in [0.15, 0.2) is 0 Å². The molecule has 0 saturated heterocycles. The predicted octanol–water partition coefficient (Wildman–Crippen LogP) is -2.07. The fourth-order valence-electron chi connectivity index (χ4n) is 0. The van der Waals surface area contributed by atoms with E-state index in [9.17, 15) is 29.7 Å². The van der Waals surface area contributed by atoms with E-state index >= 15 is 0 Å². The molecule has 0 N–H and O–H groups in total. The van der Waals surface area contributed by atoms with Crippen molar-refractivity contribution < 1.29 is 66.2 Å². The SMILES string of the molecule is C=C(C)C(=O)[O-].C=C(C)C(=O)[O-].C=C(C)C(=O)[O-].[Fe+3].[Zn]. The summed E-state index contributed by atoms with van der Waals surface area (Å²) in [6.07, 6.45) is 0. The van der Waals surface area contributed by atoms with Crippen LogP contribution in [0.1, 0.15) is 20.8 Å². The normalized spacial score (nSPS) is 6.75. The molecule has 0 aliphatic rings. The third-order valence-electron chi connectivity index (χ3n) is 1.05. The van der Waals surface area contributed by atoms with E-state index in [1.807, 2.05) is 0 Å². The Hall–Kier alpha value is -1.23. The molecule has 0 aromatic carbocycles. The molecule has 8 heteroatoms. The maximum absolute atomic E-state index is 9.49. The van der Waals surface area contributed by atoms with Gasteiger partial charge in [-0.25, -0.2) is 0 Å². The smallest absolute Gasteiger partial charge is 0.545 e. The van der Waals surface area contributed by atoms with E-state index in [1.165, 1.54) is 20.8 Å². The Morgan fingerprint density at radius 1 is 0.650 bits per heavy atom. The molecule has 0 aliphatic heterocycles. The maximum Gasteiger partial charge on any atom is 3.00 e. The maximum atomic E-state index is 9.49. The second-order valence-electron chi connectivity index (χ2n) is 3.20. The van der Waals surface area contributed by atoms with Crippen LogP contribution in [0.5, 0.6) is 0 Å². The minimum atomic E-state index is -1.19. The van der Waals surface area contributed by atoms with Crippen LogP contribution in [-0.2, 0) is 50.9 Å². The van der Waals surface area contributed by atoms with Gasteiger partial charge in [0.1, 0.15) is 0 Å². The monoisotopic (exact) mass is 375 g/mol. The van der Waals surface area contributed by atoms with E-state index in [1.54, 1.807) is 0 Å². The van der Waals surface area contributed by atoms with E-state index in [0.717, 1.165) is 0 Å². The summed E-state index contributed by atoms with van der Waals surface area (Å²) in [5.74, 6) is -3.56. The van der Waals surface area contributed by atoms with Crippen molar-refractivity contribution in [3.63, 3.8) is 0 Å². The molecule has 0 bridgehead atoms. The van der Waals surface area contributed by atoms with Gasteiger partial charge in [-0.15, -0.1) is 0 Å². The first kappa shape index (κ1) is 31.3. The molecule has 0 aromatic rings. The van der Waals surface area contributed by atoms with Crippen molar-refractivity contribution in [2.45, 2.75) is 20.8 Å². The molecule has 0 unspecified atom stereocenters. The molecular weight excluding hydrogens is 361 g/mol. The van der Waals surface area contributed by atoms with Gasteiger partial charge in [0.25, 0.3) is 0 Å². The van der Waals surface area contributed by atoms with E-state index in [4.69, 9.17) is 0 Å². The van der Waals surface area contributed by atoms with Crippen molar-refractivity contribution in [2.24, 2.45) is 0 Å². The molecule has 109 valence electrons. The quantitative estimate of drug-likeness (QED) is 0.412. The van der Waals surface area contributed by atoms with Crippen LogP contribution in [0.25, 0.3) is 0 Å². The van der Waals surface area contributed by atoms with E-state index in [0.29, 0.717) is 0 Å². The van der Waals surface area contributed by atoms with E-state index in [2.05, 4.69) is 19.7 Å². The fraction of sp³-hybridized carbons (Fsp3) is 0.250. The zero-order valence-electron chi connectivity index (χ0n) is 11.6. The molecule has 0 spiro atoms. The summed E-state index contributed by atoms with van der Waals surface area (Å²) >= 11 is 0. The van der Waals surface area contributed by atoms with Crippen molar-refractivity contribution in [3.05, 3.63) is 36.5 Å². The Kier molecular flexibility index (Phi) is 27.8. The Labute approximate surface area is 141 Å². The molecule has 0 atom stereocenters. The number of carbonyl (C=O) groups excluding carboxylic acids is 3. The van der Waals surface area contributed by atoms with Gasteiger partial charge in [-0.1, -0.05) is 19.7 Å². The summed E-state index contributed by atoms with van der Waals surface area (Å²) in [5.41, 5.74) is 0.194. The summed E-state index contributed by atoms with van der Waals surface area (Å²) in [6.45, 7) is 13.4. The zero-order valence-corrected chi connectivity index (χ0v) is 15.7. The van der Waals surface area contributed by atoms with Gasteiger partial charge >= 0.3 is 17.1 Å². The molecule has 0 aliphatic carbocycles. The summed E-state index contributed by atoms with van der Waals surface area (Å²) in [7, 11) is 0. The largest absolute Gasteiger partial charge is 3.00 e. The van der Waals surface area contributed by atoms with Crippen molar-refractivity contribution in [1.82, 2.24) is 0 Å². The molecule has 0 fully saturated rings.